The monoisotopic (exact) mass is 292 g/mol. The highest BCUT2D eigenvalue weighted by molar-refractivity contribution is 5.30. The fourth-order valence-electron chi connectivity index (χ4n) is 2.25. The minimum absolute atomic E-state index is 0.265. The highest BCUT2D eigenvalue weighted by atomic mass is 16.5. The van der Waals surface area contributed by atoms with E-state index in [0.717, 1.165) is 17.0 Å². The zero-order valence-electron chi connectivity index (χ0n) is 12.9. The summed E-state index contributed by atoms with van der Waals surface area (Å²) in [5.41, 5.74) is 3.31. The minimum atomic E-state index is -0.819. The molecule has 0 aliphatic rings. The van der Waals surface area contributed by atoms with Crippen LogP contribution < -0.4 is 9.47 Å². The molecule has 0 aliphatic heterocycles. The van der Waals surface area contributed by atoms with Gasteiger partial charge in [-0.3, -0.25) is 4.68 Å². The molecule has 0 bridgehead atoms. The van der Waals surface area contributed by atoms with Crippen molar-refractivity contribution >= 4 is 0 Å². The minimum Gasteiger partial charge on any atom is -0.480 e. The van der Waals surface area contributed by atoms with Gasteiger partial charge in [0.15, 0.2) is 0 Å². The molecule has 0 spiro atoms. The molecule has 2 heterocycles. The van der Waals surface area contributed by atoms with Gasteiger partial charge in [0.05, 0.1) is 26.1 Å². The van der Waals surface area contributed by atoms with Crippen LogP contribution in [0, 0.1) is 13.8 Å². The van der Waals surface area contributed by atoms with Gasteiger partial charge in [0, 0.05) is 19.2 Å². The molecular weight excluding hydrogens is 272 g/mol. The summed E-state index contributed by atoms with van der Waals surface area (Å²) < 4.78 is 12.0. The van der Waals surface area contributed by atoms with Crippen LogP contribution in [0.5, 0.6) is 11.8 Å². The van der Waals surface area contributed by atoms with Gasteiger partial charge in [0.1, 0.15) is 11.8 Å². The van der Waals surface area contributed by atoms with Gasteiger partial charge in [0.2, 0.25) is 11.8 Å². The van der Waals surface area contributed by atoms with Crippen LogP contribution in [0.3, 0.4) is 0 Å². The van der Waals surface area contributed by atoms with E-state index in [1.807, 2.05) is 20.9 Å². The molecule has 0 fully saturated rings. The maximum absolute atomic E-state index is 10.4. The van der Waals surface area contributed by atoms with E-state index in [4.69, 9.17) is 9.47 Å². The SMILES string of the molecule is COc1cnc(C(O)Cc2c(C)nn(C)c2C)c(OC)n1. The first-order chi connectivity index (χ1) is 9.97. The second-order valence-electron chi connectivity index (χ2n) is 4.80. The zero-order chi connectivity index (χ0) is 15.6. The van der Waals surface area contributed by atoms with Crippen LogP contribution in [0.4, 0.5) is 0 Å². The number of aromatic nitrogens is 4. The quantitative estimate of drug-likeness (QED) is 0.889. The van der Waals surface area contributed by atoms with Crippen molar-refractivity contribution in [2.75, 3.05) is 14.2 Å². The molecule has 2 aromatic heterocycles. The Kier molecular flexibility index (Phi) is 4.42. The van der Waals surface area contributed by atoms with Crippen LogP contribution in [0.25, 0.3) is 0 Å². The van der Waals surface area contributed by atoms with Crippen molar-refractivity contribution in [3.05, 3.63) is 28.8 Å². The summed E-state index contributed by atoms with van der Waals surface area (Å²) >= 11 is 0. The van der Waals surface area contributed by atoms with Crippen molar-refractivity contribution in [2.45, 2.75) is 26.4 Å². The Morgan fingerprint density at radius 3 is 2.52 bits per heavy atom. The first-order valence-electron chi connectivity index (χ1n) is 6.60. The van der Waals surface area contributed by atoms with Crippen molar-refractivity contribution in [3.8, 4) is 11.8 Å². The molecule has 7 nitrogen and oxygen atoms in total. The lowest BCUT2D eigenvalue weighted by molar-refractivity contribution is 0.166. The van der Waals surface area contributed by atoms with E-state index < -0.39 is 6.10 Å². The van der Waals surface area contributed by atoms with Crippen LogP contribution in [0.2, 0.25) is 0 Å². The molecule has 0 amide bonds. The van der Waals surface area contributed by atoms with Crippen molar-refractivity contribution in [1.82, 2.24) is 19.7 Å². The fraction of sp³-hybridized carbons (Fsp3) is 0.500. The average molecular weight is 292 g/mol. The average Bonchev–Trinajstić information content (AvgIpc) is 2.72. The number of aryl methyl sites for hydroxylation is 2. The molecule has 1 atom stereocenters. The Labute approximate surface area is 123 Å². The first-order valence-corrected chi connectivity index (χ1v) is 6.60. The molecule has 0 saturated carbocycles. The number of ether oxygens (including phenoxy) is 2. The maximum Gasteiger partial charge on any atom is 0.241 e. The standard InChI is InChI=1S/C14H20N4O3/c1-8-10(9(2)18(3)17-8)6-11(19)13-14(21-5)16-12(20-4)7-15-13/h7,11,19H,6H2,1-5H3. The Morgan fingerprint density at radius 2 is 2.00 bits per heavy atom. The molecule has 2 rings (SSSR count). The molecule has 7 heteroatoms. The fourth-order valence-corrected chi connectivity index (χ4v) is 2.25. The first kappa shape index (κ1) is 15.2. The van der Waals surface area contributed by atoms with Gasteiger partial charge in [-0.05, 0) is 19.4 Å². The lowest BCUT2D eigenvalue weighted by Crippen LogP contribution is -2.09. The largest absolute Gasteiger partial charge is 0.480 e. The van der Waals surface area contributed by atoms with Crippen molar-refractivity contribution in [1.29, 1.82) is 0 Å². The summed E-state index contributed by atoms with van der Waals surface area (Å²) in [7, 11) is 4.87. The third-order valence-corrected chi connectivity index (χ3v) is 3.52. The molecule has 0 aromatic carbocycles. The van der Waals surface area contributed by atoms with Gasteiger partial charge in [-0.1, -0.05) is 0 Å². The normalized spacial score (nSPS) is 12.3. The number of nitrogens with zero attached hydrogens (tertiary/aromatic N) is 4. The van der Waals surface area contributed by atoms with Crippen molar-refractivity contribution in [3.63, 3.8) is 0 Å². The van der Waals surface area contributed by atoms with Gasteiger partial charge in [-0.25, -0.2) is 4.98 Å². The lowest BCUT2D eigenvalue weighted by Gasteiger charge is -2.14. The number of hydrogen-bond donors (Lipinski definition) is 1. The summed E-state index contributed by atoms with van der Waals surface area (Å²) in [6.45, 7) is 3.89. The molecule has 21 heavy (non-hydrogen) atoms. The number of aliphatic hydroxyl groups is 1. The maximum atomic E-state index is 10.4. The molecule has 1 unspecified atom stereocenters. The van der Waals surface area contributed by atoms with Crippen molar-refractivity contribution < 1.29 is 14.6 Å². The molecule has 0 aliphatic carbocycles. The van der Waals surface area contributed by atoms with E-state index in [1.54, 1.807) is 4.68 Å². The van der Waals surface area contributed by atoms with Crippen LogP contribution in [-0.4, -0.2) is 39.1 Å². The number of hydrogen-bond acceptors (Lipinski definition) is 6. The Balaban J connectivity index is 2.30. The molecule has 1 N–H and O–H groups in total. The zero-order valence-corrected chi connectivity index (χ0v) is 12.9. The third-order valence-electron chi connectivity index (χ3n) is 3.52. The number of methoxy groups -OCH3 is 2. The predicted molar refractivity (Wildman–Crippen MR) is 76.5 cm³/mol. The number of aliphatic hydroxyl groups excluding tert-OH is 1. The van der Waals surface area contributed by atoms with E-state index in [1.165, 1.54) is 20.4 Å². The van der Waals surface area contributed by atoms with Crippen molar-refractivity contribution in [2.24, 2.45) is 7.05 Å². The lowest BCUT2D eigenvalue weighted by atomic mass is 10.0. The van der Waals surface area contributed by atoms with Crippen LogP contribution >= 0.6 is 0 Å². The van der Waals surface area contributed by atoms with E-state index in [9.17, 15) is 5.11 Å². The summed E-state index contributed by atoms with van der Waals surface area (Å²) in [6.07, 6.45) is 1.05. The molecular formula is C14H20N4O3. The van der Waals surface area contributed by atoms with E-state index in [2.05, 4.69) is 15.1 Å². The molecule has 2 aromatic rings. The van der Waals surface area contributed by atoms with Gasteiger partial charge >= 0.3 is 0 Å². The van der Waals surface area contributed by atoms with E-state index >= 15 is 0 Å². The van der Waals surface area contributed by atoms with Gasteiger partial charge in [0.25, 0.3) is 0 Å². The summed E-state index contributed by atoms with van der Waals surface area (Å²) in [5.74, 6) is 0.609. The molecule has 0 radical (unpaired) electrons. The highest BCUT2D eigenvalue weighted by Gasteiger charge is 2.21. The second-order valence-corrected chi connectivity index (χ2v) is 4.80. The number of rotatable bonds is 5. The summed E-state index contributed by atoms with van der Waals surface area (Å²) in [6, 6.07) is 0. The summed E-state index contributed by atoms with van der Waals surface area (Å²) in [5, 5.41) is 14.8. The van der Waals surface area contributed by atoms with Crippen LogP contribution in [-0.2, 0) is 13.5 Å². The van der Waals surface area contributed by atoms with Crippen LogP contribution in [0.1, 0.15) is 28.7 Å². The topological polar surface area (TPSA) is 82.3 Å². The Morgan fingerprint density at radius 1 is 1.29 bits per heavy atom. The molecule has 114 valence electrons. The smallest absolute Gasteiger partial charge is 0.241 e. The second kappa shape index (κ2) is 6.09. The van der Waals surface area contributed by atoms with Gasteiger partial charge in [-0.2, -0.15) is 10.1 Å². The highest BCUT2D eigenvalue weighted by Crippen LogP contribution is 2.27. The van der Waals surface area contributed by atoms with Crippen LogP contribution in [0.15, 0.2) is 6.20 Å². The summed E-state index contributed by atoms with van der Waals surface area (Å²) in [4.78, 5) is 8.33. The van der Waals surface area contributed by atoms with E-state index in [-0.39, 0.29) is 5.88 Å². The third kappa shape index (κ3) is 2.97. The van der Waals surface area contributed by atoms with Gasteiger partial charge in [-0.15, -0.1) is 0 Å². The van der Waals surface area contributed by atoms with E-state index in [0.29, 0.717) is 18.0 Å². The Hall–Kier alpha value is -2.15. The predicted octanol–water partition coefficient (Wildman–Crippen LogP) is 1.12. The Bertz CT molecular complexity index is 639. The molecule has 0 saturated heterocycles. The van der Waals surface area contributed by atoms with Gasteiger partial charge < -0.3 is 14.6 Å².